The molecule has 0 spiro atoms. The van der Waals surface area contributed by atoms with Crippen LogP contribution in [0.1, 0.15) is 55.6 Å². The molecule has 3 aliphatic rings. The van der Waals surface area contributed by atoms with Crippen molar-refractivity contribution in [1.82, 2.24) is 10.2 Å². The molecule has 0 aromatic heterocycles. The Morgan fingerprint density at radius 2 is 1.49 bits per heavy atom. The van der Waals surface area contributed by atoms with E-state index >= 15 is 0 Å². The van der Waals surface area contributed by atoms with Gasteiger partial charge in [-0.3, -0.25) is 9.59 Å². The summed E-state index contributed by atoms with van der Waals surface area (Å²) in [5, 5.41) is 11.8. The van der Waals surface area contributed by atoms with Crippen LogP contribution in [-0.4, -0.2) is 53.7 Å². The third-order valence-electron chi connectivity index (χ3n) is 7.72. The largest absolute Gasteiger partial charge is 0.481 e. The SMILES string of the molecule is O=C(O)CCC(NC(=O)OCC1c2ccccc2-c2ccccc21)C(=O)N1CCC(C2CC2)CC1. The van der Waals surface area contributed by atoms with Gasteiger partial charge in [-0.15, -0.1) is 0 Å². The molecule has 7 nitrogen and oxygen atoms in total. The lowest BCUT2D eigenvalue weighted by atomic mass is 9.91. The van der Waals surface area contributed by atoms with Gasteiger partial charge < -0.3 is 20.1 Å². The minimum Gasteiger partial charge on any atom is -0.481 e. The molecule has 0 bridgehead atoms. The van der Waals surface area contributed by atoms with Crippen molar-refractivity contribution in [1.29, 1.82) is 0 Å². The van der Waals surface area contributed by atoms with Crippen LogP contribution in [0.2, 0.25) is 0 Å². The van der Waals surface area contributed by atoms with Crippen LogP contribution in [0.15, 0.2) is 48.5 Å². The van der Waals surface area contributed by atoms with Crippen LogP contribution in [0.4, 0.5) is 4.79 Å². The summed E-state index contributed by atoms with van der Waals surface area (Å²) >= 11 is 0. The zero-order valence-electron chi connectivity index (χ0n) is 19.8. The van der Waals surface area contributed by atoms with E-state index in [2.05, 4.69) is 17.4 Å². The highest BCUT2D eigenvalue weighted by Crippen LogP contribution is 2.44. The lowest BCUT2D eigenvalue weighted by Crippen LogP contribution is -2.51. The minimum atomic E-state index is -0.996. The number of hydrogen-bond donors (Lipinski definition) is 2. The molecule has 2 aromatic rings. The molecule has 0 radical (unpaired) electrons. The van der Waals surface area contributed by atoms with Gasteiger partial charge in [0.25, 0.3) is 0 Å². The number of benzene rings is 2. The third kappa shape index (κ3) is 5.19. The van der Waals surface area contributed by atoms with Crippen molar-refractivity contribution in [2.24, 2.45) is 11.8 Å². The highest BCUT2D eigenvalue weighted by molar-refractivity contribution is 5.86. The Morgan fingerprint density at radius 1 is 0.914 bits per heavy atom. The molecule has 1 saturated heterocycles. The molecule has 184 valence electrons. The van der Waals surface area contributed by atoms with Crippen LogP contribution in [0.25, 0.3) is 11.1 Å². The van der Waals surface area contributed by atoms with Crippen molar-refractivity contribution in [3.8, 4) is 11.1 Å². The number of carbonyl (C=O) groups excluding carboxylic acids is 2. The van der Waals surface area contributed by atoms with Gasteiger partial charge in [0.15, 0.2) is 0 Å². The summed E-state index contributed by atoms with van der Waals surface area (Å²) in [7, 11) is 0. The van der Waals surface area contributed by atoms with Gasteiger partial charge in [0.05, 0.1) is 0 Å². The second kappa shape index (κ2) is 10.1. The lowest BCUT2D eigenvalue weighted by molar-refractivity contribution is -0.138. The maximum absolute atomic E-state index is 13.2. The van der Waals surface area contributed by atoms with E-state index in [-0.39, 0.29) is 31.3 Å². The molecule has 35 heavy (non-hydrogen) atoms. The van der Waals surface area contributed by atoms with Gasteiger partial charge in [0.1, 0.15) is 12.6 Å². The van der Waals surface area contributed by atoms with Crippen molar-refractivity contribution in [3.63, 3.8) is 0 Å². The van der Waals surface area contributed by atoms with Crippen LogP contribution < -0.4 is 5.32 Å². The maximum Gasteiger partial charge on any atom is 0.407 e. The summed E-state index contributed by atoms with van der Waals surface area (Å²) in [6.07, 6.45) is 3.70. The Labute approximate surface area is 205 Å². The first-order chi connectivity index (χ1) is 17.0. The number of rotatable bonds is 8. The van der Waals surface area contributed by atoms with E-state index in [0.717, 1.165) is 41.0 Å². The van der Waals surface area contributed by atoms with Gasteiger partial charge >= 0.3 is 12.1 Å². The topological polar surface area (TPSA) is 95.9 Å². The summed E-state index contributed by atoms with van der Waals surface area (Å²) in [6.45, 7) is 1.47. The quantitative estimate of drug-likeness (QED) is 0.589. The number of piperidine rings is 1. The van der Waals surface area contributed by atoms with Gasteiger partial charge in [-0.1, -0.05) is 48.5 Å². The van der Waals surface area contributed by atoms with E-state index in [9.17, 15) is 14.4 Å². The average Bonchev–Trinajstić information content (AvgIpc) is 3.68. The summed E-state index contributed by atoms with van der Waals surface area (Å²) < 4.78 is 5.60. The van der Waals surface area contributed by atoms with Crippen molar-refractivity contribution >= 4 is 18.0 Å². The number of fused-ring (bicyclic) bond motifs is 3. The number of alkyl carbamates (subject to hydrolysis) is 1. The summed E-state index contributed by atoms with van der Waals surface area (Å²) in [6, 6.07) is 15.3. The van der Waals surface area contributed by atoms with Gasteiger partial charge in [0, 0.05) is 25.4 Å². The van der Waals surface area contributed by atoms with Crippen LogP contribution >= 0.6 is 0 Å². The van der Waals surface area contributed by atoms with Crippen LogP contribution in [-0.2, 0) is 14.3 Å². The molecule has 1 unspecified atom stereocenters. The first-order valence-electron chi connectivity index (χ1n) is 12.6. The van der Waals surface area contributed by atoms with E-state index in [0.29, 0.717) is 19.0 Å². The number of amides is 2. The molecule has 1 atom stereocenters. The zero-order chi connectivity index (χ0) is 24.4. The van der Waals surface area contributed by atoms with Crippen LogP contribution in [0.5, 0.6) is 0 Å². The second-order valence-electron chi connectivity index (χ2n) is 9.96. The first kappa shape index (κ1) is 23.4. The number of ether oxygens (including phenoxy) is 1. The number of aliphatic carboxylic acids is 1. The van der Waals surface area contributed by atoms with E-state index in [4.69, 9.17) is 9.84 Å². The highest BCUT2D eigenvalue weighted by Gasteiger charge is 2.36. The lowest BCUT2D eigenvalue weighted by Gasteiger charge is -2.34. The second-order valence-corrected chi connectivity index (χ2v) is 9.96. The molecule has 2 fully saturated rings. The Kier molecular flexibility index (Phi) is 6.75. The fourth-order valence-electron chi connectivity index (χ4n) is 5.69. The van der Waals surface area contributed by atoms with Crippen LogP contribution in [0.3, 0.4) is 0 Å². The van der Waals surface area contributed by atoms with Crippen molar-refractivity contribution < 1.29 is 24.2 Å². The smallest absolute Gasteiger partial charge is 0.407 e. The number of carboxylic acids is 1. The van der Waals surface area contributed by atoms with E-state index < -0.39 is 18.1 Å². The molecule has 1 heterocycles. The summed E-state index contributed by atoms with van der Waals surface area (Å²) in [5.41, 5.74) is 4.50. The number of likely N-dealkylation sites (tertiary alicyclic amines) is 1. The molecule has 1 saturated carbocycles. The van der Waals surface area contributed by atoms with E-state index in [1.165, 1.54) is 12.8 Å². The first-order valence-corrected chi connectivity index (χ1v) is 12.6. The van der Waals surface area contributed by atoms with Gasteiger partial charge in [0.2, 0.25) is 5.91 Å². The van der Waals surface area contributed by atoms with Gasteiger partial charge in [-0.25, -0.2) is 4.79 Å². The Balaban J connectivity index is 1.21. The number of carboxylic acid groups (broad SMARTS) is 1. The van der Waals surface area contributed by atoms with Crippen molar-refractivity contribution in [3.05, 3.63) is 59.7 Å². The van der Waals surface area contributed by atoms with Gasteiger partial charge in [-0.2, -0.15) is 0 Å². The number of nitrogens with zero attached hydrogens (tertiary/aromatic N) is 1. The fraction of sp³-hybridized carbons (Fsp3) is 0.464. The Morgan fingerprint density at radius 3 is 2.06 bits per heavy atom. The van der Waals surface area contributed by atoms with E-state index in [1.807, 2.05) is 36.4 Å². The molecule has 5 rings (SSSR count). The third-order valence-corrected chi connectivity index (χ3v) is 7.72. The van der Waals surface area contributed by atoms with Crippen LogP contribution in [0, 0.1) is 11.8 Å². The van der Waals surface area contributed by atoms with Crippen molar-refractivity contribution in [2.75, 3.05) is 19.7 Å². The highest BCUT2D eigenvalue weighted by atomic mass is 16.5. The molecule has 2 N–H and O–H groups in total. The Hall–Kier alpha value is -3.35. The Bertz CT molecular complexity index is 1060. The maximum atomic E-state index is 13.2. The van der Waals surface area contributed by atoms with Crippen molar-refractivity contribution in [2.45, 2.75) is 50.5 Å². The number of carbonyl (C=O) groups is 3. The molecular weight excluding hydrogens is 444 g/mol. The van der Waals surface area contributed by atoms with E-state index in [1.54, 1.807) is 4.90 Å². The average molecular weight is 477 g/mol. The molecule has 2 aliphatic carbocycles. The fourth-order valence-corrected chi connectivity index (χ4v) is 5.69. The number of hydrogen-bond acceptors (Lipinski definition) is 4. The predicted molar refractivity (Wildman–Crippen MR) is 131 cm³/mol. The summed E-state index contributed by atoms with van der Waals surface area (Å²) in [4.78, 5) is 38.9. The normalized spacial score (nSPS) is 18.5. The summed E-state index contributed by atoms with van der Waals surface area (Å²) in [5.74, 6) is 0.210. The minimum absolute atomic E-state index is 0.0426. The zero-order valence-corrected chi connectivity index (χ0v) is 19.8. The standard InChI is InChI=1S/C28H32N2O5/c31-26(32)12-11-25(27(33)30-15-13-19(14-16-30)18-9-10-18)29-28(34)35-17-24-22-7-3-1-5-20(22)21-6-2-4-8-23(21)24/h1-8,18-19,24-25H,9-17H2,(H,29,34)(H,31,32). The predicted octanol–water partition coefficient (Wildman–Crippen LogP) is 4.41. The molecule has 2 aromatic carbocycles. The van der Waals surface area contributed by atoms with Gasteiger partial charge in [-0.05, 0) is 66.2 Å². The monoisotopic (exact) mass is 476 g/mol. The molecule has 7 heteroatoms. The molecular formula is C28H32N2O5. The molecule has 1 aliphatic heterocycles. The molecule has 2 amide bonds. The number of nitrogens with one attached hydrogen (secondary N) is 1.